The van der Waals surface area contributed by atoms with E-state index in [1.807, 2.05) is 30.3 Å². The predicted molar refractivity (Wildman–Crippen MR) is 70.5 cm³/mol. The molecule has 0 fully saturated rings. The van der Waals surface area contributed by atoms with Crippen LogP contribution in [0.25, 0.3) is 5.69 Å². The van der Waals surface area contributed by atoms with Gasteiger partial charge in [-0.25, -0.2) is 4.68 Å². The Labute approximate surface area is 107 Å². The molecule has 1 atom stereocenters. The molecule has 0 aliphatic carbocycles. The molecule has 1 N–H and O–H groups in total. The third kappa shape index (κ3) is 3.17. The number of rotatable bonds is 6. The lowest BCUT2D eigenvalue weighted by Crippen LogP contribution is -1.97. The molecular formula is C14H19N3O. The van der Waals surface area contributed by atoms with E-state index in [4.69, 9.17) is 0 Å². The average Bonchev–Trinajstić information content (AvgIpc) is 2.89. The fourth-order valence-corrected chi connectivity index (χ4v) is 1.87. The number of unbranched alkanes of at least 4 members (excludes halogenated alkanes) is 2. The molecule has 96 valence electrons. The Hall–Kier alpha value is -1.68. The van der Waals surface area contributed by atoms with E-state index < -0.39 is 6.10 Å². The maximum atomic E-state index is 9.99. The lowest BCUT2D eigenvalue weighted by atomic mass is 10.1. The van der Waals surface area contributed by atoms with Crippen LogP contribution in [0.4, 0.5) is 0 Å². The molecule has 1 aromatic heterocycles. The number of nitrogens with zero attached hydrogens (tertiary/aromatic N) is 3. The van der Waals surface area contributed by atoms with Crippen LogP contribution in [0.5, 0.6) is 0 Å². The smallest absolute Gasteiger partial charge is 0.112 e. The van der Waals surface area contributed by atoms with E-state index in [0.29, 0.717) is 5.69 Å². The first-order valence-electron chi connectivity index (χ1n) is 6.47. The second-order valence-electron chi connectivity index (χ2n) is 4.44. The van der Waals surface area contributed by atoms with E-state index >= 15 is 0 Å². The SMILES string of the molecule is CCCCCC(O)c1cn(-c2ccccc2)nn1. The monoisotopic (exact) mass is 245 g/mol. The number of para-hydroxylation sites is 1. The Bertz CT molecular complexity index is 467. The zero-order chi connectivity index (χ0) is 12.8. The van der Waals surface area contributed by atoms with E-state index in [2.05, 4.69) is 17.2 Å². The second kappa shape index (κ2) is 6.31. The van der Waals surface area contributed by atoms with E-state index in [9.17, 15) is 5.11 Å². The number of hydrogen-bond acceptors (Lipinski definition) is 3. The Balaban J connectivity index is 2.02. The molecule has 1 unspecified atom stereocenters. The van der Waals surface area contributed by atoms with Crippen molar-refractivity contribution in [1.29, 1.82) is 0 Å². The minimum absolute atomic E-state index is 0.506. The first-order valence-corrected chi connectivity index (χ1v) is 6.47. The molecule has 0 radical (unpaired) electrons. The van der Waals surface area contributed by atoms with E-state index in [1.54, 1.807) is 10.9 Å². The maximum absolute atomic E-state index is 9.99. The Morgan fingerprint density at radius 2 is 2.00 bits per heavy atom. The normalized spacial score (nSPS) is 12.6. The van der Waals surface area contributed by atoms with Crippen LogP contribution >= 0.6 is 0 Å². The summed E-state index contributed by atoms with van der Waals surface area (Å²) in [5.41, 5.74) is 1.60. The van der Waals surface area contributed by atoms with Gasteiger partial charge in [-0.2, -0.15) is 0 Å². The summed E-state index contributed by atoms with van der Waals surface area (Å²) in [5.74, 6) is 0. The van der Waals surface area contributed by atoms with Crippen LogP contribution in [0.3, 0.4) is 0 Å². The third-order valence-corrected chi connectivity index (χ3v) is 2.95. The summed E-state index contributed by atoms with van der Waals surface area (Å²) in [6.45, 7) is 2.15. The molecule has 0 spiro atoms. The minimum Gasteiger partial charge on any atom is -0.387 e. The van der Waals surface area contributed by atoms with Gasteiger partial charge in [0.05, 0.1) is 18.0 Å². The second-order valence-corrected chi connectivity index (χ2v) is 4.44. The highest BCUT2D eigenvalue weighted by Gasteiger charge is 2.12. The van der Waals surface area contributed by atoms with Crippen LogP contribution in [0.2, 0.25) is 0 Å². The largest absolute Gasteiger partial charge is 0.387 e. The molecule has 2 aromatic rings. The zero-order valence-electron chi connectivity index (χ0n) is 10.7. The highest BCUT2D eigenvalue weighted by Crippen LogP contribution is 2.18. The molecule has 18 heavy (non-hydrogen) atoms. The van der Waals surface area contributed by atoms with Gasteiger partial charge in [0.25, 0.3) is 0 Å². The summed E-state index contributed by atoms with van der Waals surface area (Å²) in [7, 11) is 0. The summed E-state index contributed by atoms with van der Waals surface area (Å²) >= 11 is 0. The predicted octanol–water partition coefficient (Wildman–Crippen LogP) is 2.88. The summed E-state index contributed by atoms with van der Waals surface area (Å²) in [4.78, 5) is 0. The Morgan fingerprint density at radius 1 is 1.22 bits per heavy atom. The van der Waals surface area contributed by atoms with Crippen LogP contribution < -0.4 is 0 Å². The van der Waals surface area contributed by atoms with E-state index in [1.165, 1.54) is 0 Å². The van der Waals surface area contributed by atoms with Crippen molar-refractivity contribution in [3.05, 3.63) is 42.2 Å². The number of aliphatic hydroxyl groups is 1. The summed E-state index contributed by atoms with van der Waals surface area (Å²) in [6, 6.07) is 9.79. The van der Waals surface area contributed by atoms with Gasteiger partial charge in [0.2, 0.25) is 0 Å². The number of benzene rings is 1. The van der Waals surface area contributed by atoms with Gasteiger partial charge < -0.3 is 5.11 Å². The Morgan fingerprint density at radius 3 is 2.72 bits per heavy atom. The first kappa shape index (κ1) is 12.8. The van der Waals surface area contributed by atoms with Crippen molar-refractivity contribution in [2.24, 2.45) is 0 Å². The maximum Gasteiger partial charge on any atom is 0.112 e. The van der Waals surface area contributed by atoms with Gasteiger partial charge in [0.15, 0.2) is 0 Å². The number of aliphatic hydroxyl groups excluding tert-OH is 1. The van der Waals surface area contributed by atoms with Crippen molar-refractivity contribution in [1.82, 2.24) is 15.0 Å². The highest BCUT2D eigenvalue weighted by atomic mass is 16.3. The standard InChI is InChI=1S/C14H19N3O/c1-2-3-5-10-14(18)13-11-17(16-15-13)12-8-6-4-7-9-12/h4,6-9,11,14,18H,2-3,5,10H2,1H3. The van der Waals surface area contributed by atoms with Crippen LogP contribution in [0.1, 0.15) is 44.4 Å². The molecular weight excluding hydrogens is 226 g/mol. The van der Waals surface area contributed by atoms with Crippen molar-refractivity contribution >= 4 is 0 Å². The molecule has 0 amide bonds. The van der Waals surface area contributed by atoms with Crippen molar-refractivity contribution in [2.75, 3.05) is 0 Å². The molecule has 0 aliphatic heterocycles. The topological polar surface area (TPSA) is 50.9 Å². The molecule has 2 rings (SSSR count). The third-order valence-electron chi connectivity index (χ3n) is 2.95. The molecule has 1 heterocycles. The first-order chi connectivity index (χ1) is 8.81. The number of aromatic nitrogens is 3. The molecule has 0 bridgehead atoms. The summed E-state index contributed by atoms with van der Waals surface area (Å²) < 4.78 is 1.69. The van der Waals surface area contributed by atoms with Gasteiger partial charge in [-0.15, -0.1) is 5.10 Å². The Kier molecular flexibility index (Phi) is 4.47. The summed E-state index contributed by atoms with van der Waals surface area (Å²) in [6.07, 6.45) is 5.37. The van der Waals surface area contributed by atoms with Crippen LogP contribution in [0.15, 0.2) is 36.5 Å². The fourth-order valence-electron chi connectivity index (χ4n) is 1.87. The van der Waals surface area contributed by atoms with Crippen molar-refractivity contribution in [3.63, 3.8) is 0 Å². The molecule has 0 saturated carbocycles. The van der Waals surface area contributed by atoms with Crippen molar-refractivity contribution in [3.8, 4) is 5.69 Å². The summed E-state index contributed by atoms with van der Waals surface area (Å²) in [5, 5.41) is 18.1. The molecule has 4 heteroatoms. The van der Waals surface area contributed by atoms with Gasteiger partial charge in [-0.1, -0.05) is 49.6 Å². The molecule has 0 saturated heterocycles. The van der Waals surface area contributed by atoms with Crippen molar-refractivity contribution < 1.29 is 5.11 Å². The lowest BCUT2D eigenvalue weighted by molar-refractivity contribution is 0.159. The number of hydrogen-bond donors (Lipinski definition) is 1. The fraction of sp³-hybridized carbons (Fsp3) is 0.429. The van der Waals surface area contributed by atoms with E-state index in [0.717, 1.165) is 31.4 Å². The van der Waals surface area contributed by atoms with Crippen LogP contribution in [-0.4, -0.2) is 20.1 Å². The quantitative estimate of drug-likeness (QED) is 0.796. The molecule has 4 nitrogen and oxygen atoms in total. The average molecular weight is 245 g/mol. The van der Waals surface area contributed by atoms with Crippen molar-refractivity contribution in [2.45, 2.75) is 38.7 Å². The lowest BCUT2D eigenvalue weighted by Gasteiger charge is -2.05. The highest BCUT2D eigenvalue weighted by molar-refractivity contribution is 5.30. The minimum atomic E-state index is -0.506. The molecule has 1 aromatic carbocycles. The van der Waals surface area contributed by atoms with Gasteiger partial charge in [-0.3, -0.25) is 0 Å². The van der Waals surface area contributed by atoms with Gasteiger partial charge >= 0.3 is 0 Å². The zero-order valence-corrected chi connectivity index (χ0v) is 10.7. The van der Waals surface area contributed by atoms with Crippen LogP contribution in [-0.2, 0) is 0 Å². The molecule has 0 aliphatic rings. The van der Waals surface area contributed by atoms with E-state index in [-0.39, 0.29) is 0 Å². The van der Waals surface area contributed by atoms with Gasteiger partial charge in [0.1, 0.15) is 5.69 Å². The van der Waals surface area contributed by atoms with Crippen LogP contribution in [0, 0.1) is 0 Å². The van der Waals surface area contributed by atoms with Gasteiger partial charge in [0, 0.05) is 0 Å². The van der Waals surface area contributed by atoms with Gasteiger partial charge in [-0.05, 0) is 18.6 Å².